The Kier molecular flexibility index (Phi) is 3.46. The fourth-order valence-electron chi connectivity index (χ4n) is 1.55. The van der Waals surface area contributed by atoms with E-state index in [9.17, 15) is 13.6 Å². The molecule has 0 unspecified atom stereocenters. The highest BCUT2D eigenvalue weighted by atomic mass is 19.1. The smallest absolute Gasteiger partial charge is 0.251 e. The van der Waals surface area contributed by atoms with Crippen molar-refractivity contribution in [2.75, 3.05) is 5.73 Å². The summed E-state index contributed by atoms with van der Waals surface area (Å²) in [5.74, 6) is -2.51. The Morgan fingerprint density at radius 1 is 1.42 bits per heavy atom. The molecule has 0 saturated carbocycles. The number of halogens is 2. The van der Waals surface area contributed by atoms with Gasteiger partial charge in [0.05, 0.1) is 12.2 Å². The summed E-state index contributed by atoms with van der Waals surface area (Å²) in [6.45, 7) is 0.174. The van der Waals surface area contributed by atoms with Gasteiger partial charge >= 0.3 is 0 Å². The minimum Gasteiger partial charge on any atom is -0.394 e. The zero-order valence-corrected chi connectivity index (χ0v) is 10.2. The Morgan fingerprint density at radius 2 is 2.05 bits per heavy atom. The third-order valence-corrected chi connectivity index (χ3v) is 2.54. The molecule has 0 spiro atoms. The first-order chi connectivity index (χ1) is 8.97. The molecule has 0 fully saturated rings. The summed E-state index contributed by atoms with van der Waals surface area (Å²) in [6.07, 6.45) is 1.73. The maximum Gasteiger partial charge on any atom is 0.251 e. The number of aromatic nitrogens is 2. The molecule has 2 aromatic rings. The zero-order valence-electron chi connectivity index (χ0n) is 10.2. The summed E-state index contributed by atoms with van der Waals surface area (Å²) >= 11 is 0. The van der Waals surface area contributed by atoms with Crippen molar-refractivity contribution in [1.82, 2.24) is 15.1 Å². The number of rotatable bonds is 3. The number of hydrogen-bond acceptors (Lipinski definition) is 3. The number of nitrogens with two attached hydrogens (primary N) is 1. The van der Waals surface area contributed by atoms with Crippen molar-refractivity contribution in [3.63, 3.8) is 0 Å². The van der Waals surface area contributed by atoms with Crippen LogP contribution >= 0.6 is 0 Å². The van der Waals surface area contributed by atoms with Gasteiger partial charge in [0, 0.05) is 18.8 Å². The van der Waals surface area contributed by atoms with Crippen LogP contribution in [0.5, 0.6) is 0 Å². The summed E-state index contributed by atoms with van der Waals surface area (Å²) in [7, 11) is 1.75. The first kappa shape index (κ1) is 13.0. The standard InChI is InChI=1S/C12H12F2N4O/c1-18-3-2-8(17-18)6-16-12(19)7-4-9(13)11(15)10(14)5-7/h2-5H,6,15H2,1H3,(H,16,19). The van der Waals surface area contributed by atoms with Crippen LogP contribution in [0, 0.1) is 11.6 Å². The van der Waals surface area contributed by atoms with Crippen molar-refractivity contribution in [3.8, 4) is 0 Å². The Balaban J connectivity index is 2.08. The van der Waals surface area contributed by atoms with Crippen LogP contribution in [0.1, 0.15) is 16.1 Å². The topological polar surface area (TPSA) is 72.9 Å². The molecule has 1 aromatic carbocycles. The van der Waals surface area contributed by atoms with Crippen LogP contribution in [0.4, 0.5) is 14.5 Å². The molecule has 0 saturated heterocycles. The van der Waals surface area contributed by atoms with Gasteiger partial charge < -0.3 is 11.1 Å². The van der Waals surface area contributed by atoms with Crippen molar-refractivity contribution in [2.45, 2.75) is 6.54 Å². The first-order valence-corrected chi connectivity index (χ1v) is 5.48. The maximum absolute atomic E-state index is 13.2. The molecule has 3 N–H and O–H groups in total. The van der Waals surface area contributed by atoms with Gasteiger partial charge in [-0.05, 0) is 18.2 Å². The van der Waals surface area contributed by atoms with Crippen LogP contribution < -0.4 is 11.1 Å². The predicted octanol–water partition coefficient (Wildman–Crippen LogP) is 1.21. The molecule has 0 radical (unpaired) electrons. The zero-order chi connectivity index (χ0) is 14.0. The van der Waals surface area contributed by atoms with Gasteiger partial charge in [-0.15, -0.1) is 0 Å². The Hall–Kier alpha value is -2.44. The molecule has 7 heteroatoms. The number of nitrogen functional groups attached to an aromatic ring is 1. The molecule has 1 aromatic heterocycles. The van der Waals surface area contributed by atoms with E-state index in [1.54, 1.807) is 24.0 Å². The predicted molar refractivity (Wildman–Crippen MR) is 65.1 cm³/mol. The van der Waals surface area contributed by atoms with Gasteiger partial charge in [-0.2, -0.15) is 5.10 Å². The third kappa shape index (κ3) is 2.87. The second kappa shape index (κ2) is 5.05. The van der Waals surface area contributed by atoms with Crippen LogP contribution in [0.15, 0.2) is 24.4 Å². The maximum atomic E-state index is 13.2. The van der Waals surface area contributed by atoms with E-state index in [-0.39, 0.29) is 12.1 Å². The van der Waals surface area contributed by atoms with Crippen LogP contribution in [0.25, 0.3) is 0 Å². The second-order valence-corrected chi connectivity index (χ2v) is 4.02. The van der Waals surface area contributed by atoms with E-state index in [1.165, 1.54) is 0 Å². The number of hydrogen-bond donors (Lipinski definition) is 2. The van der Waals surface area contributed by atoms with Gasteiger partial charge in [-0.1, -0.05) is 0 Å². The highest BCUT2D eigenvalue weighted by Crippen LogP contribution is 2.17. The summed E-state index contributed by atoms with van der Waals surface area (Å²) in [6, 6.07) is 3.52. The van der Waals surface area contributed by atoms with Crippen molar-refractivity contribution in [1.29, 1.82) is 0 Å². The molecule has 0 aliphatic rings. The fraction of sp³-hybridized carbons (Fsp3) is 0.167. The van der Waals surface area contributed by atoms with Crippen LogP contribution in [-0.4, -0.2) is 15.7 Å². The Morgan fingerprint density at radius 3 is 2.58 bits per heavy atom. The number of amides is 1. The average Bonchev–Trinajstić information content (AvgIpc) is 2.78. The number of aryl methyl sites for hydroxylation is 1. The molecule has 0 bridgehead atoms. The van der Waals surface area contributed by atoms with Gasteiger partial charge in [0.15, 0.2) is 0 Å². The summed E-state index contributed by atoms with van der Waals surface area (Å²) in [5, 5.41) is 6.57. The van der Waals surface area contributed by atoms with E-state index in [4.69, 9.17) is 5.73 Å². The molecule has 19 heavy (non-hydrogen) atoms. The summed E-state index contributed by atoms with van der Waals surface area (Å²) < 4.78 is 28.0. The highest BCUT2D eigenvalue weighted by molar-refractivity contribution is 5.94. The van der Waals surface area contributed by atoms with Crippen molar-refractivity contribution < 1.29 is 13.6 Å². The molecule has 0 aliphatic heterocycles. The quantitative estimate of drug-likeness (QED) is 0.820. The molecular formula is C12H12F2N4O. The lowest BCUT2D eigenvalue weighted by Gasteiger charge is -2.05. The lowest BCUT2D eigenvalue weighted by atomic mass is 10.1. The molecule has 1 amide bonds. The molecule has 0 atom stereocenters. The van der Waals surface area contributed by atoms with Crippen LogP contribution in [-0.2, 0) is 13.6 Å². The van der Waals surface area contributed by atoms with Gasteiger partial charge in [0.25, 0.3) is 5.91 Å². The average molecular weight is 266 g/mol. The monoisotopic (exact) mass is 266 g/mol. The number of carbonyl (C=O) groups excluding carboxylic acids is 1. The normalized spacial score (nSPS) is 10.5. The lowest BCUT2D eigenvalue weighted by Crippen LogP contribution is -2.23. The number of anilines is 1. The van der Waals surface area contributed by atoms with E-state index < -0.39 is 23.2 Å². The molecule has 5 nitrogen and oxygen atoms in total. The number of nitrogens with one attached hydrogen (secondary N) is 1. The third-order valence-electron chi connectivity index (χ3n) is 2.54. The molecule has 100 valence electrons. The summed E-state index contributed by atoms with van der Waals surface area (Å²) in [4.78, 5) is 11.7. The van der Waals surface area contributed by atoms with E-state index in [1.807, 2.05) is 0 Å². The second-order valence-electron chi connectivity index (χ2n) is 4.02. The number of nitrogens with zero attached hydrogens (tertiary/aromatic N) is 2. The molecule has 2 rings (SSSR count). The number of carbonyl (C=O) groups is 1. The van der Waals surface area contributed by atoms with Gasteiger partial charge in [-0.25, -0.2) is 8.78 Å². The van der Waals surface area contributed by atoms with Crippen LogP contribution in [0.2, 0.25) is 0 Å². The minimum atomic E-state index is -0.956. The van der Waals surface area contributed by atoms with E-state index in [2.05, 4.69) is 10.4 Å². The lowest BCUT2D eigenvalue weighted by molar-refractivity contribution is 0.0949. The highest BCUT2D eigenvalue weighted by Gasteiger charge is 2.13. The van der Waals surface area contributed by atoms with E-state index >= 15 is 0 Å². The minimum absolute atomic E-state index is 0.125. The first-order valence-electron chi connectivity index (χ1n) is 5.48. The van der Waals surface area contributed by atoms with Gasteiger partial charge in [0.2, 0.25) is 0 Å². The molecule has 0 aliphatic carbocycles. The molecule has 1 heterocycles. The Bertz CT molecular complexity index is 601. The van der Waals surface area contributed by atoms with E-state index in [0.717, 1.165) is 12.1 Å². The van der Waals surface area contributed by atoms with Gasteiger partial charge in [-0.3, -0.25) is 9.48 Å². The largest absolute Gasteiger partial charge is 0.394 e. The van der Waals surface area contributed by atoms with Crippen molar-refractivity contribution in [3.05, 3.63) is 47.3 Å². The summed E-state index contributed by atoms with van der Waals surface area (Å²) in [5.41, 5.74) is 5.05. The Labute approximate surface area is 108 Å². The fourth-order valence-corrected chi connectivity index (χ4v) is 1.55. The molecular weight excluding hydrogens is 254 g/mol. The SMILES string of the molecule is Cn1ccc(CNC(=O)c2cc(F)c(N)c(F)c2)n1. The van der Waals surface area contributed by atoms with Gasteiger partial charge in [0.1, 0.15) is 17.3 Å². The van der Waals surface area contributed by atoms with Crippen molar-refractivity contribution >= 4 is 11.6 Å². The number of benzene rings is 1. The van der Waals surface area contributed by atoms with E-state index in [0.29, 0.717) is 5.69 Å². The van der Waals surface area contributed by atoms with Crippen LogP contribution in [0.3, 0.4) is 0 Å². The van der Waals surface area contributed by atoms with Crippen molar-refractivity contribution in [2.24, 2.45) is 7.05 Å².